The van der Waals surface area contributed by atoms with Gasteiger partial charge in [-0.1, -0.05) is 25.1 Å². The number of benzene rings is 1. The molecule has 1 spiro atoms. The lowest BCUT2D eigenvalue weighted by Gasteiger charge is -2.47. The third-order valence-electron chi connectivity index (χ3n) is 5.71. The minimum absolute atomic E-state index is 0.0179. The third kappa shape index (κ3) is 3.55. The molecule has 1 atom stereocenters. The highest BCUT2D eigenvalue weighted by molar-refractivity contribution is 5.39. The molecule has 3 heterocycles. The van der Waals surface area contributed by atoms with E-state index in [9.17, 15) is 0 Å². The largest absolute Gasteiger partial charge is 0.487 e. The van der Waals surface area contributed by atoms with Crippen LogP contribution in [0.3, 0.4) is 0 Å². The van der Waals surface area contributed by atoms with Crippen LogP contribution in [0.15, 0.2) is 48.8 Å². The number of nitrogens with one attached hydrogen (secondary N) is 1. The Hall–Kier alpha value is -1.91. The number of hydrogen-bond donors (Lipinski definition) is 1. The van der Waals surface area contributed by atoms with E-state index in [4.69, 9.17) is 4.74 Å². The van der Waals surface area contributed by atoms with Gasteiger partial charge in [0.15, 0.2) is 0 Å². The number of likely N-dealkylation sites (tertiary alicyclic amines) is 1. The van der Waals surface area contributed by atoms with E-state index in [1.165, 1.54) is 11.1 Å². The van der Waals surface area contributed by atoms with E-state index in [1.54, 1.807) is 0 Å². The Morgan fingerprint density at radius 1 is 1.16 bits per heavy atom. The zero-order valence-electron chi connectivity index (χ0n) is 14.9. The Labute approximate surface area is 150 Å². The molecule has 1 aromatic heterocycles. The number of piperidine rings is 1. The minimum Gasteiger partial charge on any atom is -0.487 e. The molecule has 2 aliphatic rings. The number of nitrogens with zero attached hydrogens (tertiary/aromatic N) is 2. The third-order valence-corrected chi connectivity index (χ3v) is 5.71. The van der Waals surface area contributed by atoms with Gasteiger partial charge in [0.1, 0.15) is 11.4 Å². The standard InChI is InChI=1S/C21H27N3O/c1-2-24-13-9-21(10-14-24)15-19(18-5-3-4-6-20(18)25-21)23-16-17-7-11-22-12-8-17/h3-8,11-12,19,23H,2,9-10,13-16H2,1H3. The summed E-state index contributed by atoms with van der Waals surface area (Å²) in [6.45, 7) is 6.51. The predicted molar refractivity (Wildman–Crippen MR) is 99.6 cm³/mol. The van der Waals surface area contributed by atoms with Gasteiger partial charge in [-0.2, -0.15) is 0 Å². The first-order valence-corrected chi connectivity index (χ1v) is 9.41. The highest BCUT2D eigenvalue weighted by Gasteiger charge is 2.42. The molecule has 1 unspecified atom stereocenters. The van der Waals surface area contributed by atoms with Crippen LogP contribution in [0.5, 0.6) is 5.75 Å². The summed E-state index contributed by atoms with van der Waals surface area (Å²) in [5, 5.41) is 3.77. The number of rotatable bonds is 4. The molecule has 1 aromatic carbocycles. The zero-order valence-corrected chi connectivity index (χ0v) is 14.9. The van der Waals surface area contributed by atoms with Gasteiger partial charge >= 0.3 is 0 Å². The highest BCUT2D eigenvalue weighted by Crippen LogP contribution is 2.44. The molecular weight excluding hydrogens is 310 g/mol. The van der Waals surface area contributed by atoms with Crippen LogP contribution in [0.25, 0.3) is 0 Å². The average Bonchev–Trinajstić information content (AvgIpc) is 2.67. The van der Waals surface area contributed by atoms with Crippen molar-refractivity contribution in [3.05, 3.63) is 59.9 Å². The quantitative estimate of drug-likeness (QED) is 0.926. The number of fused-ring (bicyclic) bond motifs is 1. The summed E-state index contributed by atoms with van der Waals surface area (Å²) in [7, 11) is 0. The molecule has 25 heavy (non-hydrogen) atoms. The molecule has 0 amide bonds. The summed E-state index contributed by atoms with van der Waals surface area (Å²) in [4.78, 5) is 6.63. The lowest BCUT2D eigenvalue weighted by molar-refractivity contribution is -0.0244. The number of pyridine rings is 1. The second-order valence-electron chi connectivity index (χ2n) is 7.25. The van der Waals surface area contributed by atoms with Crippen LogP contribution in [-0.4, -0.2) is 35.1 Å². The monoisotopic (exact) mass is 337 g/mol. The molecule has 0 aliphatic carbocycles. The van der Waals surface area contributed by atoms with Gasteiger partial charge in [-0.25, -0.2) is 0 Å². The van der Waals surface area contributed by atoms with E-state index in [-0.39, 0.29) is 5.60 Å². The van der Waals surface area contributed by atoms with E-state index in [1.807, 2.05) is 12.4 Å². The van der Waals surface area contributed by atoms with Gasteiger partial charge in [0.2, 0.25) is 0 Å². The molecule has 4 nitrogen and oxygen atoms in total. The SMILES string of the molecule is CCN1CCC2(CC1)CC(NCc1ccncc1)c1ccccc1O2. The van der Waals surface area contributed by atoms with Crippen LogP contribution < -0.4 is 10.1 Å². The minimum atomic E-state index is -0.0179. The first-order chi connectivity index (χ1) is 12.3. The van der Waals surface area contributed by atoms with Crippen LogP contribution in [0.1, 0.15) is 43.4 Å². The van der Waals surface area contributed by atoms with Crippen molar-refractivity contribution in [1.82, 2.24) is 15.2 Å². The van der Waals surface area contributed by atoms with Gasteiger partial charge < -0.3 is 15.0 Å². The first kappa shape index (κ1) is 16.6. The predicted octanol–water partition coefficient (Wildman–Crippen LogP) is 3.55. The molecule has 2 aromatic rings. The summed E-state index contributed by atoms with van der Waals surface area (Å²) >= 11 is 0. The van der Waals surface area contributed by atoms with Crippen molar-refractivity contribution < 1.29 is 4.74 Å². The fourth-order valence-corrected chi connectivity index (χ4v) is 4.13. The topological polar surface area (TPSA) is 37.4 Å². The van der Waals surface area contributed by atoms with Crippen LogP contribution >= 0.6 is 0 Å². The number of aromatic nitrogens is 1. The van der Waals surface area contributed by atoms with E-state index in [0.29, 0.717) is 6.04 Å². The smallest absolute Gasteiger partial charge is 0.124 e. The highest BCUT2D eigenvalue weighted by atomic mass is 16.5. The molecule has 132 valence electrons. The van der Waals surface area contributed by atoms with Crippen molar-refractivity contribution in [1.29, 1.82) is 0 Å². The second-order valence-corrected chi connectivity index (χ2v) is 7.25. The molecule has 0 bridgehead atoms. The van der Waals surface area contributed by atoms with Crippen LogP contribution in [0.2, 0.25) is 0 Å². The normalized spacial score (nSPS) is 22.4. The van der Waals surface area contributed by atoms with E-state index in [0.717, 1.165) is 51.2 Å². The zero-order chi connectivity index (χ0) is 17.1. The van der Waals surface area contributed by atoms with E-state index in [2.05, 4.69) is 58.5 Å². The molecule has 4 rings (SSSR count). The van der Waals surface area contributed by atoms with Crippen molar-refractivity contribution in [2.24, 2.45) is 0 Å². The van der Waals surface area contributed by atoms with Gasteiger partial charge in [-0.15, -0.1) is 0 Å². The summed E-state index contributed by atoms with van der Waals surface area (Å²) < 4.78 is 6.56. The first-order valence-electron chi connectivity index (χ1n) is 9.41. The fraction of sp³-hybridized carbons (Fsp3) is 0.476. The molecule has 0 radical (unpaired) electrons. The van der Waals surface area contributed by atoms with Gasteiger partial charge in [0.25, 0.3) is 0 Å². The Bertz CT molecular complexity index is 695. The lowest BCUT2D eigenvalue weighted by Crippen LogP contribution is -2.51. The molecule has 4 heteroatoms. The van der Waals surface area contributed by atoms with Crippen LogP contribution in [-0.2, 0) is 6.54 Å². The molecule has 2 aliphatic heterocycles. The Morgan fingerprint density at radius 3 is 2.68 bits per heavy atom. The van der Waals surface area contributed by atoms with E-state index >= 15 is 0 Å². The van der Waals surface area contributed by atoms with E-state index < -0.39 is 0 Å². The maximum atomic E-state index is 6.56. The van der Waals surface area contributed by atoms with Crippen molar-refractivity contribution in [3.8, 4) is 5.75 Å². The maximum Gasteiger partial charge on any atom is 0.124 e. The van der Waals surface area contributed by atoms with Crippen molar-refractivity contribution in [2.45, 2.75) is 44.4 Å². The summed E-state index contributed by atoms with van der Waals surface area (Å²) in [6.07, 6.45) is 6.99. The van der Waals surface area contributed by atoms with Gasteiger partial charge in [-0.3, -0.25) is 4.98 Å². The number of ether oxygens (including phenoxy) is 1. The van der Waals surface area contributed by atoms with Crippen LogP contribution in [0.4, 0.5) is 0 Å². The van der Waals surface area contributed by atoms with Crippen LogP contribution in [0, 0.1) is 0 Å². The molecule has 1 saturated heterocycles. The van der Waals surface area contributed by atoms with Gasteiger partial charge in [0, 0.05) is 50.1 Å². The van der Waals surface area contributed by atoms with Crippen molar-refractivity contribution >= 4 is 0 Å². The molecule has 1 fully saturated rings. The fourth-order valence-electron chi connectivity index (χ4n) is 4.13. The summed E-state index contributed by atoms with van der Waals surface area (Å²) in [6, 6.07) is 13.0. The van der Waals surface area contributed by atoms with Crippen molar-refractivity contribution in [2.75, 3.05) is 19.6 Å². The molecule has 1 N–H and O–H groups in total. The van der Waals surface area contributed by atoms with Crippen molar-refractivity contribution in [3.63, 3.8) is 0 Å². The maximum absolute atomic E-state index is 6.56. The Balaban J connectivity index is 1.53. The average molecular weight is 337 g/mol. The Morgan fingerprint density at radius 2 is 1.92 bits per heavy atom. The number of para-hydroxylation sites is 1. The summed E-state index contributed by atoms with van der Waals surface area (Å²) in [5.74, 6) is 1.06. The summed E-state index contributed by atoms with van der Waals surface area (Å²) in [5.41, 5.74) is 2.55. The van der Waals surface area contributed by atoms with Gasteiger partial charge in [0.05, 0.1) is 0 Å². The molecular formula is C21H27N3O. The molecule has 0 saturated carbocycles. The number of hydrogen-bond acceptors (Lipinski definition) is 4. The second kappa shape index (κ2) is 7.14. The lowest BCUT2D eigenvalue weighted by atomic mass is 9.80. The van der Waals surface area contributed by atoms with Gasteiger partial charge in [-0.05, 0) is 43.1 Å². The Kier molecular flexibility index (Phi) is 4.73.